The number of nitrogen functional groups attached to an aromatic ring is 1. The van der Waals surface area contributed by atoms with E-state index in [1.54, 1.807) is 18.4 Å². The van der Waals surface area contributed by atoms with Crippen LogP contribution in [0, 0.1) is 12.8 Å². The van der Waals surface area contributed by atoms with Gasteiger partial charge in [-0.05, 0) is 30.5 Å². The first-order chi connectivity index (χ1) is 20.9. The van der Waals surface area contributed by atoms with Crippen LogP contribution in [0.15, 0.2) is 25.3 Å². The van der Waals surface area contributed by atoms with Gasteiger partial charge in [-0.1, -0.05) is 6.92 Å². The lowest BCUT2D eigenvalue weighted by atomic mass is 10.0. The third kappa shape index (κ3) is 5.36. The second-order valence-corrected chi connectivity index (χ2v) is 16.0. The molecule has 22 heteroatoms. The monoisotopic (exact) mass is 689 g/mol. The SMILES string of the molecule is Cc1ncnc2c1ncn2[C@@H]1O[C@@H]2COP(O)(=S)O[C@H]3[C@@H](F)[C@H](n4cnc5c(N)ncnc54)O[C@@H]3COP(O)(=S)O[C@@H]1[C@@H]2C. The lowest BCUT2D eigenvalue weighted by Crippen LogP contribution is -2.34. The normalized spacial score (nSPS) is 38.3. The minimum absolute atomic E-state index is 0.0947. The van der Waals surface area contributed by atoms with Crippen LogP contribution in [0.2, 0.25) is 0 Å². The fraction of sp³-hybridized carbons (Fsp3) is 0.545. The van der Waals surface area contributed by atoms with Gasteiger partial charge in [0.2, 0.25) is 0 Å². The van der Waals surface area contributed by atoms with Gasteiger partial charge in [0.25, 0.3) is 0 Å². The zero-order valence-corrected chi connectivity index (χ0v) is 26.4. The lowest BCUT2D eigenvalue weighted by Gasteiger charge is -2.28. The molecule has 2 bridgehead atoms. The highest BCUT2D eigenvalue weighted by atomic mass is 32.5. The van der Waals surface area contributed by atoms with Crippen LogP contribution in [0.4, 0.5) is 10.2 Å². The van der Waals surface area contributed by atoms with Gasteiger partial charge in [-0.3, -0.25) is 13.7 Å². The van der Waals surface area contributed by atoms with Gasteiger partial charge in [0.15, 0.2) is 35.7 Å². The molecule has 10 atom stereocenters. The van der Waals surface area contributed by atoms with Crippen LogP contribution in [-0.4, -0.2) is 92.6 Å². The summed E-state index contributed by atoms with van der Waals surface area (Å²) in [6.45, 7) is -5.25. The average molecular weight is 690 g/mol. The van der Waals surface area contributed by atoms with Gasteiger partial charge in [-0.2, -0.15) is 0 Å². The molecule has 44 heavy (non-hydrogen) atoms. The Bertz CT molecular complexity index is 1830. The second kappa shape index (κ2) is 11.3. The van der Waals surface area contributed by atoms with E-state index >= 15 is 4.39 Å². The zero-order valence-electron chi connectivity index (χ0n) is 22.9. The molecule has 17 nitrogen and oxygen atoms in total. The van der Waals surface area contributed by atoms with Gasteiger partial charge < -0.3 is 38.6 Å². The molecule has 4 aromatic rings. The summed E-state index contributed by atoms with van der Waals surface area (Å²) in [5, 5.41) is 0. The van der Waals surface area contributed by atoms with Crippen molar-refractivity contribution in [1.29, 1.82) is 0 Å². The Morgan fingerprint density at radius 1 is 0.841 bits per heavy atom. The topological polar surface area (TPSA) is 209 Å². The molecule has 3 fully saturated rings. The molecule has 3 aliphatic heterocycles. The Morgan fingerprint density at radius 2 is 1.41 bits per heavy atom. The van der Waals surface area contributed by atoms with Crippen molar-refractivity contribution < 1.29 is 41.7 Å². The van der Waals surface area contributed by atoms with Crippen molar-refractivity contribution >= 4 is 65.2 Å². The molecule has 3 saturated heterocycles. The van der Waals surface area contributed by atoms with Crippen molar-refractivity contribution in [2.24, 2.45) is 5.92 Å². The highest BCUT2D eigenvalue weighted by Crippen LogP contribution is 2.55. The molecular formula is C22H26FN9O8P2S2. The molecule has 0 aromatic carbocycles. The Kier molecular flexibility index (Phi) is 7.79. The van der Waals surface area contributed by atoms with E-state index in [9.17, 15) is 9.79 Å². The first kappa shape index (κ1) is 30.5. The maximum Gasteiger partial charge on any atom is 0.325 e. The summed E-state index contributed by atoms with van der Waals surface area (Å²) in [6.07, 6.45) is -3.06. The number of hydrogen-bond donors (Lipinski definition) is 3. The highest BCUT2D eigenvalue weighted by molar-refractivity contribution is 8.07. The fourth-order valence-corrected chi connectivity index (χ4v) is 8.43. The number of ether oxygens (including phenoxy) is 2. The molecule has 7 heterocycles. The van der Waals surface area contributed by atoms with Crippen molar-refractivity contribution in [2.45, 2.75) is 56.9 Å². The number of aromatic nitrogens is 8. The van der Waals surface area contributed by atoms with Crippen LogP contribution in [0.25, 0.3) is 22.3 Å². The van der Waals surface area contributed by atoms with Gasteiger partial charge in [0.1, 0.15) is 42.0 Å². The van der Waals surface area contributed by atoms with E-state index in [2.05, 4.69) is 29.9 Å². The molecule has 0 spiro atoms. The number of alkyl halides is 1. The third-order valence-corrected chi connectivity index (χ3v) is 10.9. The molecule has 4 N–H and O–H groups in total. The van der Waals surface area contributed by atoms with Gasteiger partial charge in [0, 0.05) is 5.92 Å². The summed E-state index contributed by atoms with van der Waals surface area (Å²) in [7, 11) is 0. The molecule has 4 aromatic heterocycles. The largest absolute Gasteiger partial charge is 0.382 e. The van der Waals surface area contributed by atoms with Crippen molar-refractivity contribution in [3.05, 3.63) is 31.0 Å². The van der Waals surface area contributed by atoms with E-state index in [0.29, 0.717) is 16.9 Å². The summed E-state index contributed by atoms with van der Waals surface area (Å²) in [6, 6.07) is 0. The third-order valence-electron chi connectivity index (χ3n) is 7.76. The number of halogens is 1. The predicted octanol–water partition coefficient (Wildman–Crippen LogP) is 1.58. The van der Waals surface area contributed by atoms with Gasteiger partial charge >= 0.3 is 13.4 Å². The predicted molar refractivity (Wildman–Crippen MR) is 156 cm³/mol. The number of imidazole rings is 2. The number of nitrogens with two attached hydrogens (primary N) is 1. The van der Waals surface area contributed by atoms with Gasteiger partial charge in [0.05, 0.1) is 37.7 Å². The number of hydrogen-bond acceptors (Lipinski definition) is 15. The van der Waals surface area contributed by atoms with Crippen molar-refractivity contribution in [2.75, 3.05) is 18.9 Å². The van der Waals surface area contributed by atoms with Crippen LogP contribution < -0.4 is 5.73 Å². The second-order valence-electron chi connectivity index (χ2n) is 10.5. The van der Waals surface area contributed by atoms with Gasteiger partial charge in [-0.25, -0.2) is 34.3 Å². The molecule has 236 valence electrons. The highest BCUT2D eigenvalue weighted by Gasteiger charge is 2.52. The first-order valence-electron chi connectivity index (χ1n) is 13.3. The number of fused-ring (bicyclic) bond motifs is 5. The summed E-state index contributed by atoms with van der Waals surface area (Å²) < 4.78 is 54.3. The summed E-state index contributed by atoms with van der Waals surface area (Å²) in [5.41, 5.74) is 8.00. The standard InChI is InChI=1S/C22H26FN9O8P2S2/c1-9-11-3-35-42(34,44)40-17-12(38-21(13(17)23)31-8-30-15-18(24)26-6-28-20(15)31)4-36-41(33,43)39-16(9)22(37-11)32-7-29-14-10(2)25-5-27-19(14)32/h5-9,11-13,16-17,21-22H,3-4H2,1-2H3,(H,33,43)(H,34,44)(H2,24,26,28)/t9-,11-,12-,13-,16-,17-,21-,22-,41?,42?/m1/s1. The van der Waals surface area contributed by atoms with E-state index in [0.717, 1.165) is 0 Å². The maximum absolute atomic E-state index is 16.1. The molecule has 0 radical (unpaired) electrons. The Hall–Kier alpha value is -2.19. The number of rotatable bonds is 2. The smallest absolute Gasteiger partial charge is 0.325 e. The van der Waals surface area contributed by atoms with Crippen molar-refractivity contribution in [1.82, 2.24) is 39.0 Å². The van der Waals surface area contributed by atoms with Crippen LogP contribution in [-0.2, 0) is 51.2 Å². The van der Waals surface area contributed by atoms with Crippen LogP contribution in [0.1, 0.15) is 25.1 Å². The van der Waals surface area contributed by atoms with E-state index < -0.39 is 69.0 Å². The van der Waals surface area contributed by atoms with Crippen molar-refractivity contribution in [3.8, 4) is 0 Å². The molecule has 0 saturated carbocycles. The molecule has 0 aliphatic carbocycles. The fourth-order valence-electron chi connectivity index (χ4n) is 5.51. The van der Waals surface area contributed by atoms with E-state index in [-0.39, 0.29) is 23.6 Å². The maximum atomic E-state index is 16.1. The summed E-state index contributed by atoms with van der Waals surface area (Å²) in [5.74, 6) is -0.371. The Labute approximate surface area is 258 Å². The van der Waals surface area contributed by atoms with E-state index in [1.807, 2.05) is 0 Å². The number of anilines is 1. The summed E-state index contributed by atoms with van der Waals surface area (Å²) in [4.78, 5) is 47.3. The van der Waals surface area contributed by atoms with Crippen LogP contribution in [0.5, 0.6) is 0 Å². The minimum Gasteiger partial charge on any atom is -0.382 e. The molecular weight excluding hydrogens is 663 g/mol. The molecule has 0 amide bonds. The first-order valence-corrected chi connectivity index (χ1v) is 18.4. The van der Waals surface area contributed by atoms with Gasteiger partial charge in [-0.15, -0.1) is 0 Å². The molecule has 7 rings (SSSR count). The Balaban J connectivity index is 1.20. The van der Waals surface area contributed by atoms with E-state index in [1.165, 1.54) is 29.9 Å². The number of aryl methyl sites for hydroxylation is 1. The average Bonchev–Trinajstić information content (AvgIpc) is 3.73. The van der Waals surface area contributed by atoms with Crippen molar-refractivity contribution in [3.63, 3.8) is 0 Å². The zero-order chi connectivity index (χ0) is 31.0. The van der Waals surface area contributed by atoms with Crippen LogP contribution >= 0.6 is 13.4 Å². The summed E-state index contributed by atoms with van der Waals surface area (Å²) >= 11 is 10.7. The number of nitrogens with zero attached hydrogens (tertiary/aromatic N) is 8. The quantitative estimate of drug-likeness (QED) is 0.255. The lowest BCUT2D eigenvalue weighted by molar-refractivity contribution is -0.0598. The Morgan fingerprint density at radius 3 is 2.14 bits per heavy atom. The molecule has 2 unspecified atom stereocenters. The van der Waals surface area contributed by atoms with Crippen LogP contribution in [0.3, 0.4) is 0 Å². The minimum atomic E-state index is -4.09. The van der Waals surface area contributed by atoms with E-state index in [4.69, 9.17) is 56.9 Å². The molecule has 3 aliphatic rings.